The molecule has 0 bridgehead atoms. The Morgan fingerprint density at radius 2 is 1.87 bits per heavy atom. The lowest BCUT2D eigenvalue weighted by atomic mass is 9.53. The summed E-state index contributed by atoms with van der Waals surface area (Å²) in [5.74, 6) is -1.24. The molecule has 5 nitrogen and oxygen atoms in total. The quantitative estimate of drug-likeness (QED) is 0.804. The number of fused-ring (bicyclic) bond motifs is 1. The molecule has 1 aromatic heterocycles. The van der Waals surface area contributed by atoms with Gasteiger partial charge in [-0.2, -0.15) is 15.8 Å². The number of allylic oxidation sites excluding steroid dienone is 2. The molecule has 2 aliphatic rings. The molecule has 3 atom stereocenters. The highest BCUT2D eigenvalue weighted by molar-refractivity contribution is 6.00. The normalized spacial score (nSPS) is 28.5. The van der Waals surface area contributed by atoms with Gasteiger partial charge in [-0.25, -0.2) is 0 Å². The van der Waals surface area contributed by atoms with Crippen LogP contribution in [-0.2, 0) is 0 Å². The van der Waals surface area contributed by atoms with Gasteiger partial charge in [0.05, 0.1) is 23.9 Å². The Bertz CT molecular complexity index is 773. The molecule has 1 aromatic rings. The summed E-state index contributed by atoms with van der Waals surface area (Å²) in [7, 11) is 0. The Balaban J connectivity index is 2.26. The van der Waals surface area contributed by atoms with Crippen LogP contribution in [0.5, 0.6) is 0 Å². The van der Waals surface area contributed by atoms with Gasteiger partial charge in [-0.1, -0.05) is 6.08 Å². The Morgan fingerprint density at radius 3 is 2.48 bits per heavy atom. The van der Waals surface area contributed by atoms with Gasteiger partial charge in [-0.05, 0) is 48.4 Å². The van der Waals surface area contributed by atoms with Gasteiger partial charge in [-0.15, -0.1) is 0 Å². The average Bonchev–Trinajstić information content (AvgIpc) is 2.61. The highest BCUT2D eigenvalue weighted by atomic mass is 14.7. The first-order chi connectivity index (χ1) is 11.2. The lowest BCUT2D eigenvalue weighted by Crippen LogP contribution is -2.48. The molecule has 5 heteroatoms. The summed E-state index contributed by atoms with van der Waals surface area (Å²) in [6, 6.07) is 9.91. The van der Waals surface area contributed by atoms with Crippen molar-refractivity contribution in [3.63, 3.8) is 0 Å². The minimum atomic E-state index is -1.60. The molecule has 1 heterocycles. The second-order valence-electron chi connectivity index (χ2n) is 6.01. The summed E-state index contributed by atoms with van der Waals surface area (Å²) in [6.45, 7) is 0. The van der Waals surface area contributed by atoms with Gasteiger partial charge in [0.25, 0.3) is 0 Å². The smallest absolute Gasteiger partial charge is 0.189 e. The van der Waals surface area contributed by atoms with Gasteiger partial charge < -0.3 is 5.41 Å². The zero-order chi connectivity index (χ0) is 16.4. The monoisotopic (exact) mass is 301 g/mol. The van der Waals surface area contributed by atoms with Crippen molar-refractivity contribution in [2.75, 3.05) is 0 Å². The lowest BCUT2D eigenvalue weighted by molar-refractivity contribution is 0.320. The molecule has 3 rings (SSSR count). The molecule has 0 radical (unpaired) electrons. The van der Waals surface area contributed by atoms with Gasteiger partial charge in [0, 0.05) is 18.3 Å². The van der Waals surface area contributed by atoms with Crippen LogP contribution in [0.3, 0.4) is 0 Å². The van der Waals surface area contributed by atoms with E-state index >= 15 is 0 Å². The molecular formula is C18H15N5. The van der Waals surface area contributed by atoms with E-state index in [-0.39, 0.29) is 11.6 Å². The van der Waals surface area contributed by atoms with Gasteiger partial charge >= 0.3 is 0 Å². The van der Waals surface area contributed by atoms with Crippen molar-refractivity contribution in [2.24, 2.45) is 17.3 Å². The predicted octanol–water partition coefficient (Wildman–Crippen LogP) is 3.10. The average molecular weight is 301 g/mol. The molecule has 0 unspecified atom stereocenters. The molecule has 0 saturated heterocycles. The van der Waals surface area contributed by atoms with E-state index in [9.17, 15) is 15.8 Å². The SMILES string of the molecule is N#C[C@@H]1C(=N)C(C#N)(C#N)[C@@H](c2ccncc2)[C@H]2CCCC=C12. The van der Waals surface area contributed by atoms with Crippen LogP contribution in [0, 0.1) is 56.7 Å². The van der Waals surface area contributed by atoms with E-state index in [1.807, 2.05) is 6.08 Å². The second-order valence-corrected chi connectivity index (χ2v) is 6.01. The van der Waals surface area contributed by atoms with Crippen LogP contribution in [0.1, 0.15) is 30.7 Å². The number of nitrogens with zero attached hydrogens (tertiary/aromatic N) is 4. The first-order valence-corrected chi connectivity index (χ1v) is 7.60. The van der Waals surface area contributed by atoms with E-state index in [4.69, 9.17) is 5.41 Å². The van der Waals surface area contributed by atoms with Gasteiger partial charge in [0.2, 0.25) is 0 Å². The zero-order valence-corrected chi connectivity index (χ0v) is 12.5. The first-order valence-electron chi connectivity index (χ1n) is 7.60. The third-order valence-electron chi connectivity index (χ3n) is 4.99. The van der Waals surface area contributed by atoms with Crippen LogP contribution < -0.4 is 0 Å². The summed E-state index contributed by atoms with van der Waals surface area (Å²) < 4.78 is 0. The lowest BCUT2D eigenvalue weighted by Gasteiger charge is -2.45. The Kier molecular flexibility index (Phi) is 3.68. The Labute approximate surface area is 135 Å². The molecule has 1 fully saturated rings. The number of pyridine rings is 1. The number of hydrogen-bond acceptors (Lipinski definition) is 5. The summed E-state index contributed by atoms with van der Waals surface area (Å²) in [4.78, 5) is 4.01. The van der Waals surface area contributed by atoms with E-state index in [1.165, 1.54) is 0 Å². The Morgan fingerprint density at radius 1 is 1.17 bits per heavy atom. The van der Waals surface area contributed by atoms with Gasteiger partial charge in [-0.3, -0.25) is 4.98 Å². The fourth-order valence-corrected chi connectivity index (χ4v) is 3.96. The topological polar surface area (TPSA) is 108 Å². The molecule has 1 saturated carbocycles. The molecule has 0 aromatic carbocycles. The summed E-state index contributed by atoms with van der Waals surface area (Å²) >= 11 is 0. The predicted molar refractivity (Wildman–Crippen MR) is 82.9 cm³/mol. The van der Waals surface area contributed by atoms with E-state index in [1.54, 1.807) is 24.5 Å². The molecule has 112 valence electrons. The highest BCUT2D eigenvalue weighted by Crippen LogP contribution is 2.54. The number of rotatable bonds is 1. The van der Waals surface area contributed by atoms with Crippen LogP contribution in [0.2, 0.25) is 0 Å². The first kappa shape index (κ1) is 14.9. The van der Waals surface area contributed by atoms with Crippen molar-refractivity contribution >= 4 is 5.71 Å². The maximum Gasteiger partial charge on any atom is 0.189 e. The van der Waals surface area contributed by atoms with Crippen molar-refractivity contribution in [1.29, 1.82) is 21.2 Å². The number of nitriles is 3. The van der Waals surface area contributed by atoms with Crippen LogP contribution in [0.4, 0.5) is 0 Å². The molecule has 0 amide bonds. The van der Waals surface area contributed by atoms with Crippen molar-refractivity contribution in [1.82, 2.24) is 4.98 Å². The number of nitrogens with one attached hydrogen (secondary N) is 1. The van der Waals surface area contributed by atoms with Gasteiger partial charge in [0.1, 0.15) is 5.92 Å². The molecule has 0 spiro atoms. The standard InChI is InChI=1S/C18H15N5/c19-9-15-13-3-1-2-4-14(13)16(12-5-7-23-8-6-12)18(10-20,11-21)17(15)22/h3,5-8,14-16,22H,1-2,4H2/t14-,15-,16-/m0/s1. The van der Waals surface area contributed by atoms with Crippen molar-refractivity contribution in [2.45, 2.75) is 25.2 Å². The maximum absolute atomic E-state index is 9.79. The molecular weight excluding hydrogens is 286 g/mol. The zero-order valence-electron chi connectivity index (χ0n) is 12.5. The third kappa shape index (κ3) is 2.04. The van der Waals surface area contributed by atoms with E-state index < -0.39 is 17.3 Å². The molecule has 0 aliphatic heterocycles. The fraction of sp³-hybridized carbons (Fsp3) is 0.389. The molecule has 23 heavy (non-hydrogen) atoms. The third-order valence-corrected chi connectivity index (χ3v) is 4.99. The minimum absolute atomic E-state index is 0.0517. The van der Waals surface area contributed by atoms with Crippen LogP contribution in [0.25, 0.3) is 0 Å². The second kappa shape index (κ2) is 5.67. The van der Waals surface area contributed by atoms with Crippen molar-refractivity contribution < 1.29 is 0 Å². The van der Waals surface area contributed by atoms with Crippen molar-refractivity contribution in [3.8, 4) is 18.2 Å². The van der Waals surface area contributed by atoms with Crippen LogP contribution in [0.15, 0.2) is 36.2 Å². The fourth-order valence-electron chi connectivity index (χ4n) is 3.96. The number of aromatic nitrogens is 1. The summed E-state index contributed by atoms with van der Waals surface area (Å²) in [6.07, 6.45) is 7.99. The van der Waals surface area contributed by atoms with Gasteiger partial charge in [0.15, 0.2) is 5.41 Å². The maximum atomic E-state index is 9.79. The molecule has 2 aliphatic carbocycles. The largest absolute Gasteiger partial charge is 0.305 e. The van der Waals surface area contributed by atoms with E-state index in [0.717, 1.165) is 30.4 Å². The summed E-state index contributed by atoms with van der Waals surface area (Å²) in [5, 5.41) is 37.5. The number of hydrogen-bond donors (Lipinski definition) is 1. The highest BCUT2D eigenvalue weighted by Gasteiger charge is 2.57. The van der Waals surface area contributed by atoms with Crippen LogP contribution >= 0.6 is 0 Å². The van der Waals surface area contributed by atoms with Crippen molar-refractivity contribution in [3.05, 3.63) is 41.7 Å². The summed E-state index contributed by atoms with van der Waals surface area (Å²) in [5.41, 5.74) is 0.0612. The minimum Gasteiger partial charge on any atom is -0.305 e. The van der Waals surface area contributed by atoms with Crippen LogP contribution in [-0.4, -0.2) is 10.7 Å². The van der Waals surface area contributed by atoms with E-state index in [2.05, 4.69) is 23.2 Å². The Hall–Kier alpha value is -2.97. The van der Waals surface area contributed by atoms with E-state index in [0.29, 0.717) is 0 Å². The molecule has 1 N–H and O–H groups in total.